The highest BCUT2D eigenvalue weighted by molar-refractivity contribution is 5.95. The van der Waals surface area contributed by atoms with Crippen LogP contribution in [0.2, 0.25) is 0 Å². The van der Waals surface area contributed by atoms with Crippen molar-refractivity contribution in [3.8, 4) is 5.69 Å². The molecule has 1 saturated carbocycles. The molecule has 1 amide bonds. The minimum Gasteiger partial charge on any atom is -0.394 e. The largest absolute Gasteiger partial charge is 0.394 e. The Morgan fingerprint density at radius 1 is 1.17 bits per heavy atom. The first-order chi connectivity index (χ1) is 14.6. The Kier molecular flexibility index (Phi) is 4.62. The molecule has 2 bridgehead atoms. The van der Waals surface area contributed by atoms with Gasteiger partial charge in [0.2, 0.25) is 0 Å². The van der Waals surface area contributed by atoms with Gasteiger partial charge in [-0.05, 0) is 42.9 Å². The topological polar surface area (TPSA) is 67.2 Å². The van der Waals surface area contributed by atoms with Gasteiger partial charge in [-0.1, -0.05) is 30.3 Å². The van der Waals surface area contributed by atoms with Gasteiger partial charge < -0.3 is 10.4 Å². The highest BCUT2D eigenvalue weighted by Gasteiger charge is 2.44. The van der Waals surface area contributed by atoms with Crippen molar-refractivity contribution in [1.29, 1.82) is 0 Å². The molecule has 2 N–H and O–H groups in total. The fraction of sp³-hybridized carbons (Fsp3) is 0.304. The third-order valence-corrected chi connectivity index (χ3v) is 6.23. The van der Waals surface area contributed by atoms with Gasteiger partial charge in [-0.3, -0.25) is 4.79 Å². The normalized spacial score (nSPS) is 20.2. The molecule has 0 saturated heterocycles. The first kappa shape index (κ1) is 18.9. The molecule has 0 spiro atoms. The van der Waals surface area contributed by atoms with E-state index in [0.717, 1.165) is 42.1 Å². The lowest BCUT2D eigenvalue weighted by molar-refractivity contribution is 0.0909. The van der Waals surface area contributed by atoms with Gasteiger partial charge >= 0.3 is 0 Å². The number of amides is 1. The van der Waals surface area contributed by atoms with Crippen molar-refractivity contribution >= 4 is 5.91 Å². The number of carbonyl (C=O) groups is 1. The zero-order valence-corrected chi connectivity index (χ0v) is 16.2. The zero-order valence-electron chi connectivity index (χ0n) is 16.2. The van der Waals surface area contributed by atoms with Gasteiger partial charge in [0.05, 0.1) is 18.3 Å². The quantitative estimate of drug-likeness (QED) is 0.670. The first-order valence-electron chi connectivity index (χ1n) is 10.1. The highest BCUT2D eigenvalue weighted by atomic mass is 19.1. The Balaban J connectivity index is 1.55. The monoisotopic (exact) mass is 409 g/mol. The summed E-state index contributed by atoms with van der Waals surface area (Å²) in [7, 11) is 0. The Bertz CT molecular complexity index is 1110. The van der Waals surface area contributed by atoms with Crippen LogP contribution in [-0.4, -0.2) is 27.4 Å². The predicted molar refractivity (Wildman–Crippen MR) is 107 cm³/mol. The van der Waals surface area contributed by atoms with Crippen LogP contribution in [0.5, 0.6) is 0 Å². The zero-order chi connectivity index (χ0) is 20.8. The second kappa shape index (κ2) is 7.32. The number of fused-ring (bicyclic) bond motifs is 5. The Morgan fingerprint density at radius 3 is 2.67 bits per heavy atom. The molecule has 1 fully saturated rings. The van der Waals surface area contributed by atoms with Gasteiger partial charge in [-0.25, -0.2) is 13.5 Å². The fourth-order valence-electron chi connectivity index (χ4n) is 4.88. The van der Waals surface area contributed by atoms with E-state index in [1.807, 2.05) is 30.3 Å². The summed E-state index contributed by atoms with van der Waals surface area (Å²) in [6.07, 6.45) is 2.85. The molecule has 154 valence electrons. The van der Waals surface area contributed by atoms with Crippen LogP contribution in [0.1, 0.15) is 64.4 Å². The molecule has 0 radical (unpaired) electrons. The summed E-state index contributed by atoms with van der Waals surface area (Å²) in [5.74, 6) is -1.35. The molecule has 2 unspecified atom stereocenters. The van der Waals surface area contributed by atoms with E-state index in [2.05, 4.69) is 10.4 Å². The number of rotatable bonds is 5. The number of nitrogens with zero attached hydrogens (tertiary/aromatic N) is 2. The van der Waals surface area contributed by atoms with Crippen molar-refractivity contribution in [2.24, 2.45) is 0 Å². The molecule has 30 heavy (non-hydrogen) atoms. The van der Waals surface area contributed by atoms with Gasteiger partial charge in [-0.15, -0.1) is 0 Å². The summed E-state index contributed by atoms with van der Waals surface area (Å²) in [6.45, 7) is -0.253. The van der Waals surface area contributed by atoms with E-state index in [1.165, 1.54) is 16.8 Å². The Morgan fingerprint density at radius 2 is 1.93 bits per heavy atom. The highest BCUT2D eigenvalue weighted by Crippen LogP contribution is 2.54. The van der Waals surface area contributed by atoms with Crippen LogP contribution in [0.3, 0.4) is 0 Å². The summed E-state index contributed by atoms with van der Waals surface area (Å²) >= 11 is 0. The van der Waals surface area contributed by atoms with Crippen LogP contribution in [0, 0.1) is 11.6 Å². The van der Waals surface area contributed by atoms with Crippen LogP contribution in [0.25, 0.3) is 5.69 Å². The fourth-order valence-corrected chi connectivity index (χ4v) is 4.88. The van der Waals surface area contributed by atoms with Crippen molar-refractivity contribution in [3.63, 3.8) is 0 Å². The SMILES string of the molecule is O=C(N[C@@H](CO)c1ccccc1)c1nn(-c2ccc(F)cc2F)c2c1C1CCC2C1. The second-order valence-electron chi connectivity index (χ2n) is 7.98. The van der Waals surface area contributed by atoms with Crippen LogP contribution in [-0.2, 0) is 0 Å². The van der Waals surface area contributed by atoms with Gasteiger partial charge in [-0.2, -0.15) is 5.10 Å². The van der Waals surface area contributed by atoms with Gasteiger partial charge in [0.25, 0.3) is 5.91 Å². The van der Waals surface area contributed by atoms with E-state index >= 15 is 0 Å². The predicted octanol–water partition coefficient (Wildman–Crippen LogP) is 3.98. The second-order valence-corrected chi connectivity index (χ2v) is 7.98. The molecular weight excluding hydrogens is 388 g/mol. The van der Waals surface area contributed by atoms with E-state index in [1.54, 1.807) is 0 Å². The van der Waals surface area contributed by atoms with Crippen LogP contribution in [0.15, 0.2) is 48.5 Å². The van der Waals surface area contributed by atoms with Crippen molar-refractivity contribution in [2.75, 3.05) is 6.61 Å². The van der Waals surface area contributed by atoms with E-state index in [0.29, 0.717) is 0 Å². The molecule has 2 aliphatic rings. The minimum atomic E-state index is -0.715. The van der Waals surface area contributed by atoms with Crippen molar-refractivity contribution in [3.05, 3.63) is 82.7 Å². The van der Waals surface area contributed by atoms with Crippen LogP contribution >= 0.6 is 0 Å². The summed E-state index contributed by atoms with van der Waals surface area (Å²) < 4.78 is 29.4. The summed E-state index contributed by atoms with van der Waals surface area (Å²) in [4.78, 5) is 13.2. The average molecular weight is 409 g/mol. The summed E-state index contributed by atoms with van der Waals surface area (Å²) in [6, 6.07) is 12.0. The Hall–Kier alpha value is -3.06. The van der Waals surface area contributed by atoms with Gasteiger partial charge in [0.1, 0.15) is 11.5 Å². The summed E-state index contributed by atoms with van der Waals surface area (Å²) in [5.41, 5.74) is 2.89. The molecule has 0 aliphatic heterocycles. The third-order valence-electron chi connectivity index (χ3n) is 6.23. The lowest BCUT2D eigenvalue weighted by atomic mass is 9.95. The maximum absolute atomic E-state index is 14.5. The van der Waals surface area contributed by atoms with E-state index in [-0.39, 0.29) is 29.8 Å². The molecule has 2 aromatic carbocycles. The molecule has 7 heteroatoms. The lowest BCUT2D eigenvalue weighted by Gasteiger charge is -2.17. The third kappa shape index (κ3) is 3.01. The van der Waals surface area contributed by atoms with E-state index < -0.39 is 23.6 Å². The van der Waals surface area contributed by atoms with E-state index in [9.17, 15) is 18.7 Å². The van der Waals surface area contributed by atoms with Gasteiger partial charge in [0.15, 0.2) is 11.5 Å². The smallest absolute Gasteiger partial charge is 0.272 e. The molecule has 1 aromatic heterocycles. The standard InChI is InChI=1S/C23H21F2N3O2/c24-16-8-9-19(17(25)11-16)28-22-15-7-6-14(10-15)20(22)21(27-28)23(30)26-18(12-29)13-4-2-1-3-5-13/h1-5,8-9,11,14-15,18,29H,6-7,10,12H2,(H,26,30)/t14?,15?,18-/m0/s1. The Labute approximate surface area is 172 Å². The number of carbonyl (C=O) groups excluding carboxylic acids is 1. The van der Waals surface area contributed by atoms with Gasteiger partial charge in [0, 0.05) is 17.5 Å². The average Bonchev–Trinajstić information content (AvgIpc) is 3.45. The van der Waals surface area contributed by atoms with E-state index in [4.69, 9.17) is 0 Å². The van der Waals surface area contributed by atoms with Crippen LogP contribution < -0.4 is 5.32 Å². The number of benzene rings is 2. The molecule has 5 nitrogen and oxygen atoms in total. The number of aromatic nitrogens is 2. The number of hydrogen-bond acceptors (Lipinski definition) is 3. The number of aliphatic hydroxyl groups excluding tert-OH is 1. The molecule has 5 rings (SSSR count). The van der Waals surface area contributed by atoms with Crippen molar-refractivity contribution in [1.82, 2.24) is 15.1 Å². The number of hydrogen-bond donors (Lipinski definition) is 2. The minimum absolute atomic E-state index is 0.140. The molecule has 2 aliphatic carbocycles. The lowest BCUT2D eigenvalue weighted by Crippen LogP contribution is -2.31. The molecule has 3 atom stereocenters. The van der Waals surface area contributed by atoms with Crippen LogP contribution in [0.4, 0.5) is 8.78 Å². The summed E-state index contributed by atoms with van der Waals surface area (Å²) in [5, 5.41) is 17.1. The van der Waals surface area contributed by atoms with Crippen molar-refractivity contribution in [2.45, 2.75) is 37.1 Å². The number of nitrogens with one attached hydrogen (secondary N) is 1. The molecular formula is C23H21F2N3O2. The first-order valence-corrected chi connectivity index (χ1v) is 10.1. The maximum atomic E-state index is 14.5. The molecule has 3 aromatic rings. The van der Waals surface area contributed by atoms with Crippen molar-refractivity contribution < 1.29 is 18.7 Å². The number of halogens is 2. The number of aliphatic hydroxyl groups is 1. The maximum Gasteiger partial charge on any atom is 0.272 e. The molecule has 1 heterocycles.